The van der Waals surface area contributed by atoms with E-state index in [1.54, 1.807) is 13.8 Å². The van der Waals surface area contributed by atoms with Gasteiger partial charge in [0, 0.05) is 0 Å². The number of ether oxygens (including phenoxy) is 1. The van der Waals surface area contributed by atoms with Gasteiger partial charge in [-0.3, -0.25) is 0 Å². The minimum Gasteiger partial charge on any atom is -0.480 e. The topological polar surface area (TPSA) is 75.6 Å². The first-order valence-corrected chi connectivity index (χ1v) is 5.20. The number of rotatable bonds is 4. The summed E-state index contributed by atoms with van der Waals surface area (Å²) in [5.74, 6) is -1.19. The number of carboxylic acid groups (broad SMARTS) is 1. The van der Waals surface area contributed by atoms with Gasteiger partial charge >= 0.3 is 12.1 Å². The van der Waals surface area contributed by atoms with Gasteiger partial charge in [-0.1, -0.05) is 13.8 Å². The summed E-state index contributed by atoms with van der Waals surface area (Å²) in [5, 5.41) is 11.2. The molecule has 1 fully saturated rings. The number of aliphatic carboxylic acids is 1. The smallest absolute Gasteiger partial charge is 0.408 e. The highest BCUT2D eigenvalue weighted by atomic mass is 16.6. The van der Waals surface area contributed by atoms with Crippen LogP contribution in [-0.2, 0) is 9.53 Å². The van der Waals surface area contributed by atoms with Crippen molar-refractivity contribution in [3.05, 3.63) is 0 Å². The molecule has 0 aromatic carbocycles. The quantitative estimate of drug-likeness (QED) is 0.742. The summed E-state index contributed by atoms with van der Waals surface area (Å²) in [6, 6.07) is -0.877. The summed E-state index contributed by atoms with van der Waals surface area (Å²) in [6.07, 6.45) is 2.19. The Balaban J connectivity index is 2.36. The normalized spacial score (nSPS) is 18.1. The minimum atomic E-state index is -1.03. The lowest BCUT2D eigenvalue weighted by molar-refractivity contribution is -0.140. The van der Waals surface area contributed by atoms with Crippen molar-refractivity contribution in [3.63, 3.8) is 0 Å². The molecule has 1 unspecified atom stereocenters. The molecule has 0 bridgehead atoms. The zero-order valence-electron chi connectivity index (χ0n) is 9.03. The van der Waals surface area contributed by atoms with Crippen LogP contribution >= 0.6 is 0 Å². The van der Waals surface area contributed by atoms with Crippen molar-refractivity contribution in [3.8, 4) is 0 Å². The number of carboxylic acids is 1. The molecule has 5 nitrogen and oxygen atoms in total. The molecule has 0 spiro atoms. The highest BCUT2D eigenvalue weighted by Crippen LogP contribution is 2.21. The Labute approximate surface area is 88.8 Å². The fraction of sp³-hybridized carbons (Fsp3) is 0.800. The molecule has 86 valence electrons. The molecule has 0 aromatic heterocycles. The average molecular weight is 215 g/mol. The largest absolute Gasteiger partial charge is 0.480 e. The second-order valence-corrected chi connectivity index (χ2v) is 4.16. The molecule has 1 aliphatic carbocycles. The van der Waals surface area contributed by atoms with E-state index in [0.717, 1.165) is 19.3 Å². The van der Waals surface area contributed by atoms with Gasteiger partial charge < -0.3 is 15.2 Å². The second kappa shape index (κ2) is 5.00. The van der Waals surface area contributed by atoms with Crippen LogP contribution in [0.25, 0.3) is 0 Å². The van der Waals surface area contributed by atoms with Crippen molar-refractivity contribution in [2.75, 3.05) is 0 Å². The number of carbonyl (C=O) groups excluding carboxylic acids is 1. The van der Waals surface area contributed by atoms with Crippen molar-refractivity contribution < 1.29 is 19.4 Å². The van der Waals surface area contributed by atoms with Crippen LogP contribution in [0, 0.1) is 5.92 Å². The van der Waals surface area contributed by atoms with E-state index < -0.39 is 18.1 Å². The summed E-state index contributed by atoms with van der Waals surface area (Å²) in [4.78, 5) is 22.0. The lowest BCUT2D eigenvalue weighted by Crippen LogP contribution is -2.46. The summed E-state index contributed by atoms with van der Waals surface area (Å²) in [6.45, 7) is 3.48. The molecule has 2 N–H and O–H groups in total. The first-order valence-electron chi connectivity index (χ1n) is 5.20. The zero-order valence-corrected chi connectivity index (χ0v) is 9.03. The highest BCUT2D eigenvalue weighted by Gasteiger charge is 2.27. The molecule has 0 aromatic rings. The van der Waals surface area contributed by atoms with Crippen LogP contribution in [0.5, 0.6) is 0 Å². The molecule has 0 radical (unpaired) electrons. The Morgan fingerprint density at radius 2 is 2.00 bits per heavy atom. The Morgan fingerprint density at radius 1 is 1.40 bits per heavy atom. The van der Waals surface area contributed by atoms with Crippen molar-refractivity contribution >= 4 is 12.1 Å². The molecule has 15 heavy (non-hydrogen) atoms. The van der Waals surface area contributed by atoms with E-state index in [1.807, 2.05) is 0 Å². The van der Waals surface area contributed by atoms with Crippen LogP contribution in [-0.4, -0.2) is 29.3 Å². The van der Waals surface area contributed by atoms with Crippen LogP contribution in [0.4, 0.5) is 4.79 Å². The number of nitrogens with one attached hydrogen (secondary N) is 1. The molecule has 0 saturated heterocycles. The molecule has 1 atom stereocenters. The summed E-state index contributed by atoms with van der Waals surface area (Å²) in [5.41, 5.74) is 0. The van der Waals surface area contributed by atoms with Gasteiger partial charge in [0.25, 0.3) is 0 Å². The molecule has 5 heteroatoms. The first-order chi connectivity index (χ1) is 7.00. The minimum absolute atomic E-state index is 0.0217. The summed E-state index contributed by atoms with van der Waals surface area (Å²) in [7, 11) is 0. The van der Waals surface area contributed by atoms with Gasteiger partial charge in [-0.15, -0.1) is 0 Å². The molecule has 1 saturated carbocycles. The predicted molar refractivity (Wildman–Crippen MR) is 53.5 cm³/mol. The van der Waals surface area contributed by atoms with Gasteiger partial charge in [0.05, 0.1) is 0 Å². The van der Waals surface area contributed by atoms with E-state index in [0.29, 0.717) is 0 Å². The molecule has 1 aliphatic rings. The molecule has 1 rings (SSSR count). The van der Waals surface area contributed by atoms with Crippen LogP contribution in [0.2, 0.25) is 0 Å². The van der Waals surface area contributed by atoms with Crippen molar-refractivity contribution in [1.29, 1.82) is 0 Å². The molecule has 0 aliphatic heterocycles. The SMILES string of the molecule is CC(C)C(NC(=O)OC1CCC1)C(=O)O. The highest BCUT2D eigenvalue weighted by molar-refractivity contribution is 5.80. The third-order valence-corrected chi connectivity index (χ3v) is 2.53. The van der Waals surface area contributed by atoms with Gasteiger partial charge in [-0.2, -0.15) is 0 Å². The summed E-state index contributed by atoms with van der Waals surface area (Å²) >= 11 is 0. The lowest BCUT2D eigenvalue weighted by Gasteiger charge is -2.26. The maximum Gasteiger partial charge on any atom is 0.408 e. The maximum absolute atomic E-state index is 11.3. The fourth-order valence-electron chi connectivity index (χ4n) is 1.31. The van der Waals surface area contributed by atoms with Gasteiger partial charge in [0.1, 0.15) is 12.1 Å². The van der Waals surface area contributed by atoms with Gasteiger partial charge in [-0.05, 0) is 25.2 Å². The van der Waals surface area contributed by atoms with E-state index in [4.69, 9.17) is 9.84 Å². The van der Waals surface area contributed by atoms with E-state index in [-0.39, 0.29) is 12.0 Å². The predicted octanol–water partition coefficient (Wildman–Crippen LogP) is 1.37. The Hall–Kier alpha value is -1.26. The van der Waals surface area contributed by atoms with Crippen LogP contribution in [0.3, 0.4) is 0 Å². The number of hydrogen-bond acceptors (Lipinski definition) is 3. The molecule has 0 heterocycles. The monoisotopic (exact) mass is 215 g/mol. The summed E-state index contributed by atoms with van der Waals surface area (Å²) < 4.78 is 5.00. The van der Waals surface area contributed by atoms with Crippen molar-refractivity contribution in [1.82, 2.24) is 5.32 Å². The van der Waals surface area contributed by atoms with E-state index >= 15 is 0 Å². The first kappa shape index (κ1) is 11.8. The number of amides is 1. The molecular weight excluding hydrogens is 198 g/mol. The lowest BCUT2D eigenvalue weighted by atomic mass is 9.96. The Bertz CT molecular complexity index is 248. The number of hydrogen-bond donors (Lipinski definition) is 2. The maximum atomic E-state index is 11.3. The van der Waals surface area contributed by atoms with Crippen LogP contribution < -0.4 is 5.32 Å². The number of carbonyl (C=O) groups is 2. The third kappa shape index (κ3) is 3.42. The van der Waals surface area contributed by atoms with Crippen molar-refractivity contribution in [2.45, 2.75) is 45.3 Å². The van der Waals surface area contributed by atoms with Gasteiger partial charge in [0.15, 0.2) is 0 Å². The third-order valence-electron chi connectivity index (χ3n) is 2.53. The van der Waals surface area contributed by atoms with E-state index in [1.165, 1.54) is 0 Å². The van der Waals surface area contributed by atoms with Crippen molar-refractivity contribution in [2.24, 2.45) is 5.92 Å². The average Bonchev–Trinajstić information content (AvgIpc) is 2.06. The van der Waals surface area contributed by atoms with Crippen LogP contribution in [0.1, 0.15) is 33.1 Å². The van der Waals surface area contributed by atoms with Gasteiger partial charge in [0.2, 0.25) is 0 Å². The fourth-order valence-corrected chi connectivity index (χ4v) is 1.31. The zero-order chi connectivity index (χ0) is 11.4. The van der Waals surface area contributed by atoms with Crippen LogP contribution in [0.15, 0.2) is 0 Å². The number of alkyl carbamates (subject to hydrolysis) is 1. The molecule has 1 amide bonds. The van der Waals surface area contributed by atoms with Gasteiger partial charge in [-0.25, -0.2) is 9.59 Å². The Morgan fingerprint density at radius 3 is 2.33 bits per heavy atom. The Kier molecular flexibility index (Phi) is 3.94. The standard InChI is InChI=1S/C10H17NO4/c1-6(2)8(9(12)13)11-10(14)15-7-4-3-5-7/h6-8H,3-5H2,1-2H3,(H,11,14)(H,12,13). The molecular formula is C10H17NO4. The van der Waals surface area contributed by atoms with E-state index in [9.17, 15) is 9.59 Å². The van der Waals surface area contributed by atoms with E-state index in [2.05, 4.69) is 5.32 Å². The second-order valence-electron chi connectivity index (χ2n) is 4.16.